The standard InChI is InChI=1S/C15H18FNO/c1-10-3-5-13(7-11(10)2)18-15-6-4-12(9-17)8-14(15)16/h4,6,8,10-11,13H,3,5,7H2,1-2H3. The van der Waals surface area contributed by atoms with Crippen LogP contribution in [-0.4, -0.2) is 6.10 Å². The quantitative estimate of drug-likeness (QED) is 0.794. The third kappa shape index (κ3) is 2.81. The maximum absolute atomic E-state index is 13.7. The van der Waals surface area contributed by atoms with E-state index in [0.29, 0.717) is 11.5 Å². The molecular weight excluding hydrogens is 229 g/mol. The maximum Gasteiger partial charge on any atom is 0.166 e. The molecule has 0 N–H and O–H groups in total. The Bertz CT molecular complexity index is 466. The molecule has 2 nitrogen and oxygen atoms in total. The number of nitrogens with zero attached hydrogens (tertiary/aromatic N) is 1. The SMILES string of the molecule is CC1CCC(Oc2ccc(C#N)cc2F)CC1C. The summed E-state index contributed by atoms with van der Waals surface area (Å²) in [6.45, 7) is 4.47. The van der Waals surface area contributed by atoms with Gasteiger partial charge in [0.2, 0.25) is 0 Å². The third-order valence-electron chi connectivity index (χ3n) is 3.90. The Morgan fingerprint density at radius 3 is 2.67 bits per heavy atom. The van der Waals surface area contributed by atoms with Crippen molar-refractivity contribution in [3.63, 3.8) is 0 Å². The van der Waals surface area contributed by atoms with E-state index in [4.69, 9.17) is 10.00 Å². The van der Waals surface area contributed by atoms with Crippen LogP contribution in [0.4, 0.5) is 4.39 Å². The summed E-state index contributed by atoms with van der Waals surface area (Å²) in [4.78, 5) is 0. The fourth-order valence-electron chi connectivity index (χ4n) is 2.45. The monoisotopic (exact) mass is 247 g/mol. The summed E-state index contributed by atoms with van der Waals surface area (Å²) in [6.07, 6.45) is 3.17. The lowest BCUT2D eigenvalue weighted by atomic mass is 9.80. The molecule has 1 aliphatic rings. The largest absolute Gasteiger partial charge is 0.487 e. The molecule has 0 heterocycles. The van der Waals surface area contributed by atoms with Gasteiger partial charge in [0.25, 0.3) is 0 Å². The van der Waals surface area contributed by atoms with Gasteiger partial charge in [-0.1, -0.05) is 13.8 Å². The number of hydrogen-bond donors (Lipinski definition) is 0. The van der Waals surface area contributed by atoms with Crippen LogP contribution in [0.2, 0.25) is 0 Å². The predicted molar refractivity (Wildman–Crippen MR) is 67.7 cm³/mol. The first kappa shape index (κ1) is 12.9. The minimum absolute atomic E-state index is 0.0960. The van der Waals surface area contributed by atoms with Crippen LogP contribution >= 0.6 is 0 Å². The molecule has 18 heavy (non-hydrogen) atoms. The molecule has 0 radical (unpaired) electrons. The van der Waals surface area contributed by atoms with Crippen molar-refractivity contribution in [1.82, 2.24) is 0 Å². The average Bonchev–Trinajstić information content (AvgIpc) is 2.36. The van der Waals surface area contributed by atoms with Gasteiger partial charge in [0.1, 0.15) is 0 Å². The van der Waals surface area contributed by atoms with Gasteiger partial charge in [0.05, 0.1) is 17.7 Å². The molecular formula is C15H18FNO. The molecule has 0 aromatic heterocycles. The van der Waals surface area contributed by atoms with Crippen molar-refractivity contribution in [2.24, 2.45) is 11.8 Å². The van der Waals surface area contributed by atoms with E-state index in [-0.39, 0.29) is 11.9 Å². The maximum atomic E-state index is 13.7. The van der Waals surface area contributed by atoms with Crippen molar-refractivity contribution in [3.8, 4) is 11.8 Å². The molecule has 1 aromatic carbocycles. The van der Waals surface area contributed by atoms with Crippen molar-refractivity contribution in [3.05, 3.63) is 29.6 Å². The second-order valence-corrected chi connectivity index (χ2v) is 5.26. The van der Waals surface area contributed by atoms with Crippen LogP contribution in [0.15, 0.2) is 18.2 Å². The van der Waals surface area contributed by atoms with Gasteiger partial charge in [0, 0.05) is 0 Å². The van der Waals surface area contributed by atoms with Gasteiger partial charge in [-0.05, 0) is 49.3 Å². The van der Waals surface area contributed by atoms with Crippen LogP contribution < -0.4 is 4.74 Å². The van der Waals surface area contributed by atoms with Crippen molar-refractivity contribution in [1.29, 1.82) is 5.26 Å². The second kappa shape index (κ2) is 5.39. The Kier molecular flexibility index (Phi) is 3.86. The van der Waals surface area contributed by atoms with Crippen LogP contribution in [0.1, 0.15) is 38.7 Å². The number of nitriles is 1. The van der Waals surface area contributed by atoms with E-state index in [2.05, 4.69) is 13.8 Å². The van der Waals surface area contributed by atoms with E-state index in [1.165, 1.54) is 6.07 Å². The number of benzene rings is 1. The van der Waals surface area contributed by atoms with Crippen LogP contribution in [-0.2, 0) is 0 Å². The first-order valence-corrected chi connectivity index (χ1v) is 6.46. The van der Waals surface area contributed by atoms with Gasteiger partial charge < -0.3 is 4.74 Å². The Hall–Kier alpha value is -1.56. The number of rotatable bonds is 2. The molecule has 0 spiro atoms. The van der Waals surface area contributed by atoms with E-state index in [9.17, 15) is 4.39 Å². The van der Waals surface area contributed by atoms with Gasteiger partial charge in [-0.15, -0.1) is 0 Å². The zero-order chi connectivity index (χ0) is 13.1. The lowest BCUT2D eigenvalue weighted by Gasteiger charge is -2.32. The summed E-state index contributed by atoms with van der Waals surface area (Å²) in [5.74, 6) is 1.15. The van der Waals surface area contributed by atoms with Crippen molar-refractivity contribution in [2.45, 2.75) is 39.2 Å². The van der Waals surface area contributed by atoms with Crippen molar-refractivity contribution >= 4 is 0 Å². The number of hydrogen-bond acceptors (Lipinski definition) is 2. The molecule has 96 valence electrons. The van der Waals surface area contributed by atoms with Crippen LogP contribution in [0.25, 0.3) is 0 Å². The summed E-state index contributed by atoms with van der Waals surface area (Å²) >= 11 is 0. The van der Waals surface area contributed by atoms with Crippen LogP contribution in [0.3, 0.4) is 0 Å². The van der Waals surface area contributed by atoms with E-state index in [1.807, 2.05) is 6.07 Å². The Morgan fingerprint density at radius 1 is 1.28 bits per heavy atom. The van der Waals surface area contributed by atoms with Gasteiger partial charge in [-0.2, -0.15) is 5.26 Å². The fourth-order valence-corrected chi connectivity index (χ4v) is 2.45. The van der Waals surface area contributed by atoms with Gasteiger partial charge in [-0.25, -0.2) is 4.39 Å². The van der Waals surface area contributed by atoms with Crippen LogP contribution in [0, 0.1) is 29.0 Å². The first-order valence-electron chi connectivity index (χ1n) is 6.46. The highest BCUT2D eigenvalue weighted by atomic mass is 19.1. The third-order valence-corrected chi connectivity index (χ3v) is 3.90. The molecule has 1 aliphatic carbocycles. The highest BCUT2D eigenvalue weighted by Crippen LogP contribution is 2.32. The van der Waals surface area contributed by atoms with Gasteiger partial charge in [-0.3, -0.25) is 0 Å². The smallest absolute Gasteiger partial charge is 0.166 e. The number of ether oxygens (including phenoxy) is 1. The fraction of sp³-hybridized carbons (Fsp3) is 0.533. The Balaban J connectivity index is 2.04. The normalized spacial score (nSPS) is 27.6. The molecule has 1 fully saturated rings. The molecule has 3 atom stereocenters. The lowest BCUT2D eigenvalue weighted by molar-refractivity contribution is 0.0968. The van der Waals surface area contributed by atoms with Crippen molar-refractivity contribution < 1.29 is 9.13 Å². The summed E-state index contributed by atoms with van der Waals surface area (Å²) in [5, 5.41) is 8.68. The first-order chi connectivity index (χ1) is 8.60. The molecule has 1 saturated carbocycles. The van der Waals surface area contributed by atoms with Gasteiger partial charge in [0.15, 0.2) is 11.6 Å². The Morgan fingerprint density at radius 2 is 2.06 bits per heavy atom. The van der Waals surface area contributed by atoms with E-state index >= 15 is 0 Å². The minimum atomic E-state index is -0.444. The number of halogens is 1. The predicted octanol–water partition coefficient (Wildman–Crippen LogP) is 3.90. The minimum Gasteiger partial charge on any atom is -0.487 e. The molecule has 3 unspecified atom stereocenters. The van der Waals surface area contributed by atoms with Crippen LogP contribution in [0.5, 0.6) is 5.75 Å². The molecule has 0 aliphatic heterocycles. The highest BCUT2D eigenvalue weighted by molar-refractivity contribution is 5.36. The molecule has 0 amide bonds. The van der Waals surface area contributed by atoms with E-state index in [1.54, 1.807) is 12.1 Å². The molecule has 2 rings (SSSR count). The van der Waals surface area contributed by atoms with Gasteiger partial charge >= 0.3 is 0 Å². The molecule has 0 bridgehead atoms. The van der Waals surface area contributed by atoms with E-state index in [0.717, 1.165) is 25.2 Å². The molecule has 1 aromatic rings. The Labute approximate surface area is 107 Å². The second-order valence-electron chi connectivity index (χ2n) is 5.26. The lowest BCUT2D eigenvalue weighted by Crippen LogP contribution is -2.29. The zero-order valence-electron chi connectivity index (χ0n) is 10.8. The average molecular weight is 247 g/mol. The summed E-state index contributed by atoms with van der Waals surface area (Å²) in [7, 11) is 0. The molecule has 3 heteroatoms. The highest BCUT2D eigenvalue weighted by Gasteiger charge is 2.26. The molecule has 0 saturated heterocycles. The zero-order valence-corrected chi connectivity index (χ0v) is 10.8. The topological polar surface area (TPSA) is 33.0 Å². The summed E-state index contributed by atoms with van der Waals surface area (Å²) in [5.41, 5.74) is 0.325. The summed E-state index contributed by atoms with van der Waals surface area (Å²) < 4.78 is 19.4. The van der Waals surface area contributed by atoms with Crippen molar-refractivity contribution in [2.75, 3.05) is 0 Å². The van der Waals surface area contributed by atoms with E-state index < -0.39 is 5.82 Å². The summed E-state index contributed by atoms with van der Waals surface area (Å²) in [6, 6.07) is 6.29.